The highest BCUT2D eigenvalue weighted by molar-refractivity contribution is 5.93. The van der Waals surface area contributed by atoms with E-state index >= 15 is 0 Å². The average molecular weight is 164 g/mol. The lowest BCUT2D eigenvalue weighted by molar-refractivity contribution is 0.252. The van der Waals surface area contributed by atoms with E-state index in [9.17, 15) is 4.79 Å². The van der Waals surface area contributed by atoms with Crippen LogP contribution in [0.1, 0.15) is 0 Å². The van der Waals surface area contributed by atoms with Gasteiger partial charge in [-0.05, 0) is 0 Å². The first-order chi connectivity index (χ1) is 5.88. The van der Waals surface area contributed by atoms with E-state index in [1.165, 1.54) is 6.33 Å². The molecule has 1 aromatic heterocycles. The van der Waals surface area contributed by atoms with Gasteiger partial charge >= 0.3 is 6.03 Å². The topological polar surface area (TPSA) is 58.1 Å². The normalized spacial score (nSPS) is 16.3. The highest BCUT2D eigenvalue weighted by Gasteiger charge is 2.20. The zero-order chi connectivity index (χ0) is 8.39. The molecule has 0 aliphatic carbocycles. The number of amides is 2. The maximum Gasteiger partial charge on any atom is 0.322 e. The summed E-state index contributed by atoms with van der Waals surface area (Å²) < 4.78 is 0. The van der Waals surface area contributed by atoms with E-state index in [4.69, 9.17) is 0 Å². The molecule has 0 bridgehead atoms. The van der Waals surface area contributed by atoms with Crippen molar-refractivity contribution < 1.29 is 4.79 Å². The summed E-state index contributed by atoms with van der Waals surface area (Å²) in [6.45, 7) is 1.37. The molecule has 1 N–H and O–H groups in total. The van der Waals surface area contributed by atoms with Gasteiger partial charge in [-0.2, -0.15) is 0 Å². The van der Waals surface area contributed by atoms with Crippen molar-refractivity contribution in [2.75, 3.05) is 18.0 Å². The predicted molar refractivity (Wildman–Crippen MR) is 42.8 cm³/mol. The molecule has 2 rings (SSSR count). The number of aromatic nitrogens is 2. The fourth-order valence-corrected chi connectivity index (χ4v) is 1.15. The first-order valence-corrected chi connectivity index (χ1v) is 3.68. The standard InChI is InChI=1S/C7H8N4O/c12-7-10-1-2-11(7)6-3-8-5-9-4-6/h3-5H,1-2H2,(H,10,12). The number of anilines is 1. The van der Waals surface area contributed by atoms with Gasteiger partial charge in [-0.15, -0.1) is 0 Å². The van der Waals surface area contributed by atoms with Crippen LogP contribution >= 0.6 is 0 Å². The molecule has 12 heavy (non-hydrogen) atoms. The zero-order valence-corrected chi connectivity index (χ0v) is 6.40. The molecule has 1 aliphatic rings. The first-order valence-electron chi connectivity index (χ1n) is 3.68. The Hall–Kier alpha value is -1.65. The maximum atomic E-state index is 11.1. The van der Waals surface area contributed by atoms with Crippen LogP contribution in [-0.2, 0) is 0 Å². The summed E-state index contributed by atoms with van der Waals surface area (Å²) in [5.74, 6) is 0. The third-order valence-electron chi connectivity index (χ3n) is 1.72. The molecule has 5 heteroatoms. The Labute approximate surface area is 69.4 Å². The zero-order valence-electron chi connectivity index (χ0n) is 6.40. The molecule has 1 saturated heterocycles. The van der Waals surface area contributed by atoms with Gasteiger partial charge in [-0.3, -0.25) is 4.90 Å². The van der Waals surface area contributed by atoms with Gasteiger partial charge < -0.3 is 5.32 Å². The second kappa shape index (κ2) is 2.77. The number of urea groups is 1. The maximum absolute atomic E-state index is 11.1. The van der Waals surface area contributed by atoms with Gasteiger partial charge in [-0.1, -0.05) is 0 Å². The van der Waals surface area contributed by atoms with Crippen LogP contribution in [0.15, 0.2) is 18.7 Å². The number of carbonyl (C=O) groups is 1. The molecule has 0 saturated carbocycles. The monoisotopic (exact) mass is 164 g/mol. The van der Waals surface area contributed by atoms with Crippen molar-refractivity contribution in [3.05, 3.63) is 18.7 Å². The summed E-state index contributed by atoms with van der Waals surface area (Å²) >= 11 is 0. The van der Waals surface area contributed by atoms with Crippen molar-refractivity contribution >= 4 is 11.7 Å². The third kappa shape index (κ3) is 1.09. The number of carbonyl (C=O) groups excluding carboxylic acids is 1. The van der Waals surface area contributed by atoms with Crippen LogP contribution < -0.4 is 10.2 Å². The molecular weight excluding hydrogens is 156 g/mol. The Morgan fingerprint density at radius 2 is 2.17 bits per heavy atom. The molecule has 0 radical (unpaired) electrons. The number of rotatable bonds is 1. The fraction of sp³-hybridized carbons (Fsp3) is 0.286. The lowest BCUT2D eigenvalue weighted by atomic mass is 10.4. The molecule has 5 nitrogen and oxygen atoms in total. The van der Waals surface area contributed by atoms with E-state index in [1.54, 1.807) is 17.3 Å². The van der Waals surface area contributed by atoms with E-state index in [2.05, 4.69) is 15.3 Å². The van der Waals surface area contributed by atoms with E-state index in [0.717, 1.165) is 5.69 Å². The second-order valence-electron chi connectivity index (χ2n) is 2.48. The van der Waals surface area contributed by atoms with Gasteiger partial charge in [0.2, 0.25) is 0 Å². The SMILES string of the molecule is O=C1NCCN1c1cncnc1. The summed E-state index contributed by atoms with van der Waals surface area (Å²) in [6.07, 6.45) is 4.69. The van der Waals surface area contributed by atoms with Crippen molar-refractivity contribution in [3.8, 4) is 0 Å². The third-order valence-corrected chi connectivity index (χ3v) is 1.72. The number of hydrogen-bond donors (Lipinski definition) is 1. The minimum absolute atomic E-state index is 0.0789. The van der Waals surface area contributed by atoms with Crippen LogP contribution in [0.4, 0.5) is 10.5 Å². The number of nitrogens with zero attached hydrogens (tertiary/aromatic N) is 3. The van der Waals surface area contributed by atoms with E-state index in [1.807, 2.05) is 0 Å². The van der Waals surface area contributed by atoms with E-state index < -0.39 is 0 Å². The van der Waals surface area contributed by atoms with Crippen LogP contribution in [0.2, 0.25) is 0 Å². The lowest BCUT2D eigenvalue weighted by Gasteiger charge is -2.11. The summed E-state index contributed by atoms with van der Waals surface area (Å²) in [5.41, 5.74) is 0.743. The van der Waals surface area contributed by atoms with Gasteiger partial charge in [0.05, 0.1) is 18.1 Å². The molecule has 2 amide bonds. The van der Waals surface area contributed by atoms with Gasteiger partial charge in [0.15, 0.2) is 0 Å². The number of hydrogen-bond acceptors (Lipinski definition) is 3. The lowest BCUT2D eigenvalue weighted by Crippen LogP contribution is -2.27. The molecule has 1 aromatic rings. The molecule has 1 aliphatic heterocycles. The van der Waals surface area contributed by atoms with Crippen molar-refractivity contribution in [1.82, 2.24) is 15.3 Å². The smallest absolute Gasteiger partial charge is 0.322 e. The van der Waals surface area contributed by atoms with Gasteiger partial charge in [0.1, 0.15) is 6.33 Å². The first kappa shape index (κ1) is 7.02. The summed E-state index contributed by atoms with van der Waals surface area (Å²) in [4.78, 5) is 20.4. The Bertz CT molecular complexity index is 287. The highest BCUT2D eigenvalue weighted by Crippen LogP contribution is 2.11. The Morgan fingerprint density at radius 1 is 1.42 bits per heavy atom. The molecular formula is C7H8N4O. The summed E-state index contributed by atoms with van der Waals surface area (Å²) in [5, 5.41) is 2.70. The average Bonchev–Trinajstić information content (AvgIpc) is 2.53. The molecule has 0 spiro atoms. The van der Waals surface area contributed by atoms with Crippen molar-refractivity contribution in [2.24, 2.45) is 0 Å². The molecule has 1 fully saturated rings. The summed E-state index contributed by atoms with van der Waals surface area (Å²) in [7, 11) is 0. The quantitative estimate of drug-likeness (QED) is 0.635. The van der Waals surface area contributed by atoms with Crippen molar-refractivity contribution in [2.45, 2.75) is 0 Å². The molecule has 0 atom stereocenters. The van der Waals surface area contributed by atoms with Gasteiger partial charge in [0, 0.05) is 13.1 Å². The molecule has 0 unspecified atom stereocenters. The molecule has 0 aromatic carbocycles. The van der Waals surface area contributed by atoms with Crippen molar-refractivity contribution in [3.63, 3.8) is 0 Å². The van der Waals surface area contributed by atoms with Crippen LogP contribution in [0.25, 0.3) is 0 Å². The van der Waals surface area contributed by atoms with Gasteiger partial charge in [0.25, 0.3) is 0 Å². The fourth-order valence-electron chi connectivity index (χ4n) is 1.15. The van der Waals surface area contributed by atoms with Crippen LogP contribution in [0, 0.1) is 0 Å². The Balaban J connectivity index is 2.25. The number of nitrogens with one attached hydrogen (secondary N) is 1. The molecule has 2 heterocycles. The minimum Gasteiger partial charge on any atom is -0.336 e. The highest BCUT2D eigenvalue weighted by atomic mass is 16.2. The second-order valence-corrected chi connectivity index (χ2v) is 2.48. The Kier molecular flexibility index (Phi) is 1.62. The van der Waals surface area contributed by atoms with Crippen LogP contribution in [0.5, 0.6) is 0 Å². The van der Waals surface area contributed by atoms with Gasteiger partial charge in [-0.25, -0.2) is 14.8 Å². The molecule has 62 valence electrons. The van der Waals surface area contributed by atoms with Crippen LogP contribution in [-0.4, -0.2) is 29.1 Å². The van der Waals surface area contributed by atoms with Crippen LogP contribution in [0.3, 0.4) is 0 Å². The minimum atomic E-state index is -0.0789. The van der Waals surface area contributed by atoms with Crippen molar-refractivity contribution in [1.29, 1.82) is 0 Å². The Morgan fingerprint density at radius 3 is 2.75 bits per heavy atom. The van der Waals surface area contributed by atoms with E-state index in [-0.39, 0.29) is 6.03 Å². The predicted octanol–water partition coefficient (Wildman–Crippen LogP) is 0.00620. The van der Waals surface area contributed by atoms with E-state index in [0.29, 0.717) is 13.1 Å². The largest absolute Gasteiger partial charge is 0.336 e. The summed E-state index contributed by atoms with van der Waals surface area (Å²) in [6, 6.07) is -0.0789.